The quantitative estimate of drug-likeness (QED) is 0.548. The minimum absolute atomic E-state index is 0.0902. The fraction of sp³-hybridized carbons (Fsp3) is 0.429. The van der Waals surface area contributed by atoms with Crippen LogP contribution in [-0.4, -0.2) is 11.2 Å². The predicted octanol–water partition coefficient (Wildman–Crippen LogP) is 3.02. The van der Waals surface area contributed by atoms with Crippen LogP contribution in [0.1, 0.15) is 13.8 Å². The van der Waals surface area contributed by atoms with Crippen LogP contribution in [0, 0.1) is 11.8 Å². The van der Waals surface area contributed by atoms with Crippen molar-refractivity contribution in [2.45, 2.75) is 25.0 Å². The number of rotatable bonds is 0. The molecular formula is C14H16O. The molecule has 1 heteroatoms. The lowest BCUT2D eigenvalue weighted by Gasteiger charge is -2.18. The molecule has 2 saturated carbocycles. The van der Waals surface area contributed by atoms with Crippen LogP contribution >= 0.6 is 0 Å². The van der Waals surface area contributed by atoms with Crippen LogP contribution in [0.25, 0.3) is 0 Å². The summed E-state index contributed by atoms with van der Waals surface area (Å²) in [5.41, 5.74) is 4.17. The van der Waals surface area contributed by atoms with E-state index in [9.17, 15) is 0 Å². The Morgan fingerprint density at radius 2 is 1.13 bits per heavy atom. The number of epoxide rings is 1. The average molecular weight is 200 g/mol. The molecule has 3 aliphatic rings. The molecule has 1 spiro atoms. The van der Waals surface area contributed by atoms with Gasteiger partial charge in [0.2, 0.25) is 0 Å². The molecule has 0 aromatic carbocycles. The molecule has 0 aromatic heterocycles. The summed E-state index contributed by atoms with van der Waals surface area (Å²) in [5.74, 6) is 0.440. The molecule has 1 nitrogen and oxygen atoms in total. The summed E-state index contributed by atoms with van der Waals surface area (Å²) in [6, 6.07) is 0. The number of ether oxygens (including phenoxy) is 1. The van der Waals surface area contributed by atoms with Gasteiger partial charge in [-0.05, 0) is 36.1 Å². The highest BCUT2D eigenvalue weighted by Gasteiger charge is 2.79. The summed E-state index contributed by atoms with van der Waals surface area (Å²) in [4.78, 5) is 0. The number of hydrogen-bond acceptors (Lipinski definition) is 1. The minimum atomic E-state index is -0.144. The van der Waals surface area contributed by atoms with E-state index < -0.39 is 0 Å². The molecule has 1 heterocycles. The van der Waals surface area contributed by atoms with Crippen molar-refractivity contribution in [3.63, 3.8) is 0 Å². The monoisotopic (exact) mass is 200 g/mol. The molecule has 3 rings (SSSR count). The summed E-state index contributed by atoms with van der Waals surface area (Å²) in [6.45, 7) is 20.7. The fourth-order valence-corrected chi connectivity index (χ4v) is 3.57. The first-order valence-electron chi connectivity index (χ1n) is 5.30. The van der Waals surface area contributed by atoms with E-state index in [1.54, 1.807) is 0 Å². The van der Waals surface area contributed by atoms with E-state index in [2.05, 4.69) is 40.2 Å². The van der Waals surface area contributed by atoms with Crippen molar-refractivity contribution >= 4 is 0 Å². The molecule has 1 saturated heterocycles. The Morgan fingerprint density at radius 1 is 0.867 bits per heavy atom. The zero-order valence-corrected chi connectivity index (χ0v) is 9.39. The van der Waals surface area contributed by atoms with Crippen molar-refractivity contribution < 1.29 is 4.74 Å². The lowest BCUT2D eigenvalue weighted by molar-refractivity contribution is 0.252. The molecule has 3 fully saturated rings. The Hall–Kier alpha value is -1.08. The first kappa shape index (κ1) is 9.17. The van der Waals surface area contributed by atoms with Crippen molar-refractivity contribution in [2.24, 2.45) is 11.8 Å². The van der Waals surface area contributed by atoms with Crippen LogP contribution in [0.3, 0.4) is 0 Å². The van der Waals surface area contributed by atoms with Gasteiger partial charge in [-0.2, -0.15) is 0 Å². The van der Waals surface area contributed by atoms with Crippen molar-refractivity contribution in [1.82, 2.24) is 0 Å². The molecule has 1 aliphatic heterocycles. The van der Waals surface area contributed by atoms with Gasteiger partial charge in [-0.1, -0.05) is 26.3 Å². The second kappa shape index (κ2) is 2.05. The van der Waals surface area contributed by atoms with E-state index in [-0.39, 0.29) is 23.0 Å². The van der Waals surface area contributed by atoms with E-state index in [0.29, 0.717) is 0 Å². The van der Waals surface area contributed by atoms with Gasteiger partial charge in [-0.15, -0.1) is 0 Å². The van der Waals surface area contributed by atoms with Gasteiger partial charge in [0.1, 0.15) is 5.60 Å². The van der Waals surface area contributed by atoms with Crippen molar-refractivity contribution in [2.75, 3.05) is 0 Å². The molecular weight excluding hydrogens is 184 g/mol. The van der Waals surface area contributed by atoms with E-state index in [4.69, 9.17) is 4.74 Å². The van der Waals surface area contributed by atoms with E-state index in [1.807, 2.05) is 0 Å². The van der Waals surface area contributed by atoms with E-state index >= 15 is 0 Å². The third-order valence-electron chi connectivity index (χ3n) is 4.40. The first-order chi connectivity index (χ1) is 6.84. The lowest BCUT2D eigenvalue weighted by atomic mass is 9.85. The van der Waals surface area contributed by atoms with Crippen molar-refractivity contribution in [3.8, 4) is 0 Å². The maximum atomic E-state index is 5.98. The Morgan fingerprint density at radius 3 is 1.27 bits per heavy atom. The Bertz CT molecular complexity index is 390. The predicted molar refractivity (Wildman–Crippen MR) is 61.4 cm³/mol. The summed E-state index contributed by atoms with van der Waals surface area (Å²) in [6.07, 6.45) is 0. The van der Waals surface area contributed by atoms with Crippen LogP contribution < -0.4 is 0 Å². The van der Waals surface area contributed by atoms with Crippen LogP contribution in [0.5, 0.6) is 0 Å². The van der Waals surface area contributed by atoms with Gasteiger partial charge in [-0.25, -0.2) is 0 Å². The zero-order valence-electron chi connectivity index (χ0n) is 9.39. The SMILES string of the molecule is C=C1C(=C)C2C(=C)C(=C)C1C21OC1(C)C. The maximum absolute atomic E-state index is 5.98. The van der Waals surface area contributed by atoms with E-state index in [0.717, 1.165) is 22.3 Å². The highest BCUT2D eigenvalue weighted by atomic mass is 16.6. The first-order valence-corrected chi connectivity index (χ1v) is 5.30. The standard InChI is InChI=1S/C14H16O/c1-7-8(2)12-10(4)9(3)11(7)14(12)13(5,6)15-14/h11-12H,1-4H2,5-6H3. The number of hydrogen-bond donors (Lipinski definition) is 0. The summed E-state index contributed by atoms with van der Waals surface area (Å²) >= 11 is 0. The second-order valence-corrected chi connectivity index (χ2v) is 5.37. The molecule has 15 heavy (non-hydrogen) atoms. The summed E-state index contributed by atoms with van der Waals surface area (Å²) < 4.78 is 5.98. The van der Waals surface area contributed by atoms with Crippen LogP contribution in [0.15, 0.2) is 48.6 Å². The highest BCUT2D eigenvalue weighted by molar-refractivity contribution is 5.66. The largest absolute Gasteiger partial charge is 0.361 e. The van der Waals surface area contributed by atoms with Gasteiger partial charge < -0.3 is 4.74 Å². The van der Waals surface area contributed by atoms with Gasteiger partial charge in [0.15, 0.2) is 0 Å². The van der Waals surface area contributed by atoms with Gasteiger partial charge >= 0.3 is 0 Å². The van der Waals surface area contributed by atoms with Gasteiger partial charge in [0.05, 0.1) is 5.60 Å². The van der Waals surface area contributed by atoms with Gasteiger partial charge in [0, 0.05) is 11.8 Å². The van der Waals surface area contributed by atoms with Crippen LogP contribution in [0.2, 0.25) is 0 Å². The lowest BCUT2D eigenvalue weighted by Crippen LogP contribution is -2.26. The normalized spacial score (nSPS) is 45.7. The zero-order chi connectivity index (χ0) is 11.2. The van der Waals surface area contributed by atoms with Crippen molar-refractivity contribution in [3.05, 3.63) is 48.6 Å². The molecule has 78 valence electrons. The molecule has 0 atom stereocenters. The van der Waals surface area contributed by atoms with Crippen LogP contribution in [-0.2, 0) is 4.74 Å². The molecule has 2 aliphatic carbocycles. The minimum Gasteiger partial charge on any atom is -0.361 e. The van der Waals surface area contributed by atoms with Crippen LogP contribution in [0.4, 0.5) is 0 Å². The van der Waals surface area contributed by atoms with Crippen molar-refractivity contribution in [1.29, 1.82) is 0 Å². The molecule has 0 aromatic rings. The molecule has 0 radical (unpaired) electrons. The molecule has 2 bridgehead atoms. The van der Waals surface area contributed by atoms with Gasteiger partial charge in [-0.3, -0.25) is 0 Å². The fourth-order valence-electron chi connectivity index (χ4n) is 3.57. The maximum Gasteiger partial charge on any atom is 0.119 e. The Labute approximate surface area is 90.8 Å². The van der Waals surface area contributed by atoms with E-state index in [1.165, 1.54) is 0 Å². The Balaban J connectivity index is 2.23. The molecule has 0 unspecified atom stereocenters. The third kappa shape index (κ3) is 0.671. The second-order valence-electron chi connectivity index (χ2n) is 5.37. The smallest absolute Gasteiger partial charge is 0.119 e. The summed E-state index contributed by atoms with van der Waals surface area (Å²) in [5, 5.41) is 0. The average Bonchev–Trinajstić information content (AvgIpc) is 2.50. The van der Waals surface area contributed by atoms with Gasteiger partial charge in [0.25, 0.3) is 0 Å². The topological polar surface area (TPSA) is 12.5 Å². The summed E-state index contributed by atoms with van der Waals surface area (Å²) in [7, 11) is 0. The Kier molecular flexibility index (Phi) is 1.25. The molecule has 0 amide bonds. The third-order valence-corrected chi connectivity index (χ3v) is 4.40. The molecule has 0 N–H and O–H groups in total. The highest BCUT2D eigenvalue weighted by Crippen LogP contribution is 2.74.